The number of fused-ring (bicyclic) bond motifs is 14. The molecule has 1 aliphatic carbocycles. The lowest BCUT2D eigenvalue weighted by Crippen LogP contribution is -2.47. The molecular weight excluding hydrogens is 1300 g/mol. The van der Waals surface area contributed by atoms with E-state index in [2.05, 4.69) is 26.6 Å². The van der Waals surface area contributed by atoms with E-state index in [4.69, 9.17) is 39.6 Å². The molecule has 6 amide bonds. The summed E-state index contributed by atoms with van der Waals surface area (Å²) in [7, 11) is 2.95. The first-order valence-electron chi connectivity index (χ1n) is 29.4. The molecule has 4 atom stereocenters. The minimum Gasteiger partial charge on any atom is -0.481 e. The smallest absolute Gasteiger partial charge is 0.323 e. The number of methoxy groups -OCH3 is 1. The number of rotatable bonds is 16. The molecule has 25 nitrogen and oxygen atoms in total. The van der Waals surface area contributed by atoms with Gasteiger partial charge in [-0.05, 0) is 69.1 Å². The first kappa shape index (κ1) is 66.7. The number of Topliss-reactive ketones (excluding diaryl/α,β-unsaturated/α-hetero) is 1. The van der Waals surface area contributed by atoms with Crippen LogP contribution in [0.4, 0.5) is 10.6 Å². The number of carboxylic acid groups (broad SMARTS) is 2. The van der Waals surface area contributed by atoms with Crippen LogP contribution in [0.2, 0.25) is 0 Å². The van der Waals surface area contributed by atoms with Crippen LogP contribution in [-0.2, 0) is 30.5 Å². The maximum absolute atomic E-state index is 14.4. The van der Waals surface area contributed by atoms with E-state index < -0.39 is 78.2 Å². The van der Waals surface area contributed by atoms with Crippen LogP contribution in [0.1, 0.15) is 158 Å². The number of urea groups is 1. The first-order chi connectivity index (χ1) is 44.2. The summed E-state index contributed by atoms with van der Waals surface area (Å²) < 4.78 is 5.48. The van der Waals surface area contributed by atoms with Crippen LogP contribution in [0, 0.1) is 18.8 Å². The summed E-state index contributed by atoms with van der Waals surface area (Å²) in [6.07, 6.45) is 0.758. The number of carboxylic acids is 2. The maximum Gasteiger partial charge on any atom is 0.323 e. The summed E-state index contributed by atoms with van der Waals surface area (Å²) >= 11 is 7.18. The Bertz CT molecular complexity index is 4020. The Balaban J connectivity index is 1.03. The number of anilines is 1. The zero-order chi connectivity index (χ0) is 65.3. The van der Waals surface area contributed by atoms with Crippen LogP contribution >= 0.6 is 68.0 Å². The van der Waals surface area contributed by atoms with E-state index in [9.17, 15) is 53.7 Å². The normalized spacial score (nSPS) is 18.5. The number of carbonyl (C=O) groups is 8. The Hall–Kier alpha value is -8.17. The van der Waals surface area contributed by atoms with E-state index in [0.29, 0.717) is 112 Å². The van der Waals surface area contributed by atoms with Crippen LogP contribution < -0.4 is 31.5 Å². The number of aliphatic hydroxyl groups excluding tert-OH is 1. The Morgan fingerprint density at radius 1 is 0.728 bits per heavy atom. The van der Waals surface area contributed by atoms with Crippen LogP contribution in [0.25, 0.3) is 43.4 Å². The summed E-state index contributed by atoms with van der Waals surface area (Å²) in [6.45, 7) is 5.25. The van der Waals surface area contributed by atoms with E-state index in [-0.39, 0.29) is 73.1 Å². The third-order valence-electron chi connectivity index (χ3n) is 15.5. The fourth-order valence-corrected chi connectivity index (χ4v) is 16.2. The zero-order valence-corrected chi connectivity index (χ0v) is 55.3. The van der Waals surface area contributed by atoms with Gasteiger partial charge in [-0.25, -0.2) is 39.7 Å². The van der Waals surface area contributed by atoms with Gasteiger partial charge in [0, 0.05) is 77.5 Å². The van der Waals surface area contributed by atoms with E-state index in [1.807, 2.05) is 13.8 Å². The van der Waals surface area contributed by atoms with Gasteiger partial charge in [-0.1, -0.05) is 44.2 Å². The molecule has 1 aromatic carbocycles. The van der Waals surface area contributed by atoms with E-state index >= 15 is 0 Å². The number of carbonyl (C=O) groups excluding carboxylic acids is 6. The number of benzene rings is 1. The highest BCUT2D eigenvalue weighted by Crippen LogP contribution is 2.41. The highest BCUT2D eigenvalue weighted by molar-refractivity contribution is 7.15. The molecule has 0 saturated heterocycles. The fraction of sp³-hybridized carbons (Fsp3) is 0.393. The van der Waals surface area contributed by atoms with Crippen molar-refractivity contribution in [2.75, 3.05) is 32.1 Å². The number of aliphatic hydroxyl groups is 1. The summed E-state index contributed by atoms with van der Waals surface area (Å²) in [5, 5.41) is 54.2. The summed E-state index contributed by atoms with van der Waals surface area (Å²) in [5.41, 5.74) is 2.62. The Morgan fingerprint density at radius 2 is 1.43 bits per heavy atom. The summed E-state index contributed by atoms with van der Waals surface area (Å²) in [5.74, 6) is -5.33. The lowest BCUT2D eigenvalue weighted by atomic mass is 9.86. The number of aryl methyl sites for hydroxylation is 1. The van der Waals surface area contributed by atoms with Crippen LogP contribution in [0.5, 0.6) is 0 Å². The minimum absolute atomic E-state index is 0.00843. The van der Waals surface area contributed by atoms with Crippen molar-refractivity contribution < 1.29 is 58.4 Å². The van der Waals surface area contributed by atoms with Crippen molar-refractivity contribution in [3.05, 3.63) is 111 Å². The molecule has 7 aromatic heterocycles. The molecule has 8 N–H and O–H groups in total. The Labute approximate surface area is 551 Å². The Morgan fingerprint density at radius 3 is 2.16 bits per heavy atom. The molecule has 31 heteroatoms. The fourth-order valence-electron chi connectivity index (χ4n) is 10.6. The molecule has 0 spiro atoms. The van der Waals surface area contributed by atoms with Gasteiger partial charge < -0.3 is 46.6 Å². The molecule has 8 aromatic rings. The number of thiazole rings is 6. The number of pyridine rings is 1. The van der Waals surface area contributed by atoms with E-state index in [1.165, 1.54) is 75.7 Å². The van der Waals surface area contributed by atoms with Crippen molar-refractivity contribution in [2.24, 2.45) is 11.8 Å². The number of ketones is 1. The largest absolute Gasteiger partial charge is 0.481 e. The van der Waals surface area contributed by atoms with Crippen molar-refractivity contribution in [3.8, 4) is 43.4 Å². The molecule has 1 saturated carbocycles. The first-order valence-corrected chi connectivity index (χ1v) is 34.6. The molecule has 8 heterocycles. The van der Waals surface area contributed by atoms with Crippen molar-refractivity contribution in [3.63, 3.8) is 0 Å². The second-order valence-electron chi connectivity index (χ2n) is 22.3. The van der Waals surface area contributed by atoms with Gasteiger partial charge in [0.25, 0.3) is 11.8 Å². The predicted octanol–water partition coefficient (Wildman–Crippen LogP) is 9.61. The average Bonchev–Trinajstić information content (AvgIpc) is 1.62. The molecule has 1 fully saturated rings. The van der Waals surface area contributed by atoms with Gasteiger partial charge in [0.2, 0.25) is 11.8 Å². The van der Waals surface area contributed by atoms with Gasteiger partial charge in [-0.3, -0.25) is 38.5 Å². The van der Waals surface area contributed by atoms with E-state index in [1.54, 1.807) is 70.9 Å². The second-order valence-corrected chi connectivity index (χ2v) is 28.1. The third-order valence-corrected chi connectivity index (χ3v) is 21.3. The molecule has 92 heavy (non-hydrogen) atoms. The standard InChI is InChI=1S/C61H65N13O12S6/c1-29(2)35-21-41(75)47-30(3)91-58(72-47)37(22-44(76)62-4)66-52(81)39-26-87-54(68-39)34-18-19-36(56-70-43(28-90-56)74(20-10-9-13-46(78)79)61(85)64-33-16-14-32(15-17-33)60(83)84)65-48(34)38-25-88-57(67-38)40-27-89-59(69-40)50(51(80)31-11-7-6-8-12-31)71-45(77)23-63-53(82)49-42(24-86-5)92-55(35)73-49/h6-8,11-12,18-19,25-29,32-33,35,37,50-51,80H,9-10,13-17,20-24H2,1-5H3,(H,62,76)(H,63,82)(H,64,85)(H,66,81)(H,71,77)(H,78,79)(H,83,84)/t32?,33?,35?,37-,50-,51-/m0/s1. The van der Waals surface area contributed by atoms with Gasteiger partial charge in [-0.15, -0.1) is 68.0 Å². The lowest BCUT2D eigenvalue weighted by molar-refractivity contribution is -0.143. The molecule has 482 valence electrons. The van der Waals surface area contributed by atoms with Crippen molar-refractivity contribution in [2.45, 2.75) is 115 Å². The number of aromatic nitrogens is 7. The SMILES string of the molecule is CNC(=O)C[C@@H]1NC(=O)c2csc(n2)-c2ccc(-c3nc(N(CCCCC(=O)O)C(=O)NC4CCC(C(=O)O)CC4)cs3)nc2-c2csc(n2)-c2csc(n2)[C@H]([C@@H](O)c2ccccc2)NC(=O)CNC(=O)c2nc(sc2COC)C(C(C)C)CC(=O)c2nc1sc2C. The van der Waals surface area contributed by atoms with E-state index in [0.717, 1.165) is 11.3 Å². The number of nitrogens with one attached hydrogen (secondary N) is 5. The summed E-state index contributed by atoms with van der Waals surface area (Å²) in [4.78, 5) is 144. The van der Waals surface area contributed by atoms with Crippen LogP contribution in [0.3, 0.4) is 0 Å². The number of nitrogens with zero attached hydrogens (tertiary/aromatic N) is 8. The number of aliphatic carboxylic acids is 2. The van der Waals surface area contributed by atoms with Crippen LogP contribution in [0.15, 0.2) is 64.0 Å². The molecule has 0 radical (unpaired) electrons. The van der Waals surface area contributed by atoms with Gasteiger partial charge in [0.05, 0.1) is 47.1 Å². The van der Waals surface area contributed by atoms with Crippen molar-refractivity contribution in [1.82, 2.24) is 61.5 Å². The van der Waals surface area contributed by atoms with Gasteiger partial charge in [0.1, 0.15) is 77.2 Å². The molecular formula is C61H65N13O12S6. The van der Waals surface area contributed by atoms with Crippen molar-refractivity contribution >= 4 is 121 Å². The third kappa shape index (κ3) is 15.8. The number of ether oxygens (including phenoxy) is 1. The molecule has 2 aliphatic rings. The quantitative estimate of drug-likeness (QED) is 0.0417. The minimum atomic E-state index is -1.30. The maximum atomic E-state index is 14.4. The monoisotopic (exact) mass is 1360 g/mol. The zero-order valence-electron chi connectivity index (χ0n) is 50.4. The lowest BCUT2D eigenvalue weighted by Gasteiger charge is -2.29. The number of hydrogen-bond acceptors (Lipinski definition) is 23. The van der Waals surface area contributed by atoms with Crippen LogP contribution in [-0.4, -0.2) is 131 Å². The van der Waals surface area contributed by atoms with Crippen molar-refractivity contribution in [1.29, 1.82) is 0 Å². The van der Waals surface area contributed by atoms with Gasteiger partial charge >= 0.3 is 18.0 Å². The second kappa shape index (κ2) is 30.1. The molecule has 1 unspecified atom stereocenters. The number of amides is 6. The number of hydrogen-bond donors (Lipinski definition) is 8. The van der Waals surface area contributed by atoms with Gasteiger partial charge in [0.15, 0.2) is 5.78 Å². The highest BCUT2D eigenvalue weighted by atomic mass is 32.1. The van der Waals surface area contributed by atoms with Gasteiger partial charge in [-0.2, -0.15) is 0 Å². The average molecular weight is 1360 g/mol. The molecule has 10 bridgehead atoms. The Kier molecular flexibility index (Phi) is 21.8. The molecule has 10 rings (SSSR count). The topological polar surface area (TPSA) is 360 Å². The molecule has 1 aliphatic heterocycles. The predicted molar refractivity (Wildman–Crippen MR) is 349 cm³/mol. The highest BCUT2D eigenvalue weighted by Gasteiger charge is 2.34. The number of unbranched alkanes of at least 4 members (excludes halogenated alkanes) is 1. The summed E-state index contributed by atoms with van der Waals surface area (Å²) in [6, 6.07) is 9.40.